The maximum absolute atomic E-state index is 12.7. The van der Waals surface area contributed by atoms with E-state index < -0.39 is 15.6 Å². The van der Waals surface area contributed by atoms with E-state index in [9.17, 15) is 13.5 Å². The average molecular weight is 436 g/mol. The highest BCUT2D eigenvalue weighted by Gasteiger charge is 2.23. The van der Waals surface area contributed by atoms with E-state index in [0.717, 1.165) is 16.3 Å². The highest BCUT2D eigenvalue weighted by molar-refractivity contribution is 7.89. The monoisotopic (exact) mass is 435 g/mol. The summed E-state index contributed by atoms with van der Waals surface area (Å²) in [6, 6.07) is 15.8. The molecule has 0 aliphatic carbocycles. The summed E-state index contributed by atoms with van der Waals surface area (Å²) in [5, 5.41) is 15.5. The fourth-order valence-corrected chi connectivity index (χ4v) is 4.31. The van der Waals surface area contributed by atoms with Crippen LogP contribution in [0.5, 0.6) is 0 Å². The average Bonchev–Trinajstić information content (AvgIpc) is 2.67. The zero-order chi connectivity index (χ0) is 20.2. The Morgan fingerprint density at radius 2 is 1.83 bits per heavy atom. The van der Waals surface area contributed by atoms with Gasteiger partial charge in [0.25, 0.3) is 0 Å². The van der Waals surface area contributed by atoms with Gasteiger partial charge in [0.15, 0.2) is 0 Å². The molecular formula is C21H26ClN3O3S. The topological polar surface area (TPSA) is 91.3 Å². The molecule has 0 amide bonds. The van der Waals surface area contributed by atoms with Crippen molar-refractivity contribution in [3.63, 3.8) is 0 Å². The molecule has 1 aromatic heterocycles. The van der Waals surface area contributed by atoms with E-state index in [4.69, 9.17) is 0 Å². The quantitative estimate of drug-likeness (QED) is 0.506. The van der Waals surface area contributed by atoms with Crippen molar-refractivity contribution >= 4 is 33.2 Å². The number of hydrogen-bond donors (Lipinski definition) is 3. The van der Waals surface area contributed by atoms with Crippen molar-refractivity contribution in [1.82, 2.24) is 15.0 Å². The lowest BCUT2D eigenvalue weighted by Crippen LogP contribution is -2.44. The maximum Gasteiger partial charge on any atom is 0.240 e. The van der Waals surface area contributed by atoms with Crippen molar-refractivity contribution < 1.29 is 13.5 Å². The number of nitrogens with one attached hydrogen (secondary N) is 2. The number of sulfonamides is 1. The van der Waals surface area contributed by atoms with Gasteiger partial charge in [0, 0.05) is 36.9 Å². The van der Waals surface area contributed by atoms with E-state index in [0.29, 0.717) is 13.1 Å². The van der Waals surface area contributed by atoms with E-state index >= 15 is 0 Å². The zero-order valence-corrected chi connectivity index (χ0v) is 18.0. The first-order chi connectivity index (χ1) is 13.3. The summed E-state index contributed by atoms with van der Waals surface area (Å²) < 4.78 is 28.0. The smallest absolute Gasteiger partial charge is 0.240 e. The number of halogens is 1. The van der Waals surface area contributed by atoms with Gasteiger partial charge in [0.05, 0.1) is 10.5 Å². The zero-order valence-electron chi connectivity index (χ0n) is 16.4. The Hall–Kier alpha value is -2.03. The van der Waals surface area contributed by atoms with Crippen LogP contribution in [-0.4, -0.2) is 37.6 Å². The van der Waals surface area contributed by atoms with Crippen LogP contribution in [0.1, 0.15) is 19.4 Å². The molecule has 0 spiro atoms. The van der Waals surface area contributed by atoms with Crippen LogP contribution in [0.3, 0.4) is 0 Å². The molecule has 0 aliphatic rings. The lowest BCUT2D eigenvalue weighted by atomic mass is 9.96. The third kappa shape index (κ3) is 5.98. The first-order valence-electron chi connectivity index (χ1n) is 9.13. The molecule has 156 valence electrons. The molecule has 2 aromatic carbocycles. The molecule has 3 aromatic rings. The highest BCUT2D eigenvalue weighted by atomic mass is 35.5. The second-order valence-electron chi connectivity index (χ2n) is 7.18. The number of hydrogen-bond acceptors (Lipinski definition) is 5. The summed E-state index contributed by atoms with van der Waals surface area (Å²) >= 11 is 0. The minimum atomic E-state index is -3.64. The van der Waals surface area contributed by atoms with Gasteiger partial charge in [-0.1, -0.05) is 36.4 Å². The van der Waals surface area contributed by atoms with Gasteiger partial charge in [0.1, 0.15) is 0 Å². The van der Waals surface area contributed by atoms with Crippen molar-refractivity contribution in [3.8, 4) is 0 Å². The first-order valence-corrected chi connectivity index (χ1v) is 10.6. The minimum Gasteiger partial charge on any atom is -0.384 e. The normalized spacial score (nSPS) is 14.7. The number of rotatable bonds is 8. The molecular weight excluding hydrogens is 410 g/mol. The van der Waals surface area contributed by atoms with Gasteiger partial charge in [-0.25, -0.2) is 13.1 Å². The van der Waals surface area contributed by atoms with Crippen LogP contribution in [0.15, 0.2) is 71.9 Å². The molecule has 0 saturated heterocycles. The predicted octanol–water partition coefficient (Wildman–Crippen LogP) is 2.82. The summed E-state index contributed by atoms with van der Waals surface area (Å²) in [6.07, 6.45) is 3.33. The van der Waals surface area contributed by atoms with Crippen molar-refractivity contribution in [2.45, 2.75) is 30.4 Å². The van der Waals surface area contributed by atoms with Gasteiger partial charge in [-0.15, -0.1) is 12.4 Å². The lowest BCUT2D eigenvalue weighted by Gasteiger charge is -2.25. The third-order valence-corrected chi connectivity index (χ3v) is 6.18. The van der Waals surface area contributed by atoms with Gasteiger partial charge in [-0.3, -0.25) is 4.98 Å². The molecule has 29 heavy (non-hydrogen) atoms. The minimum absolute atomic E-state index is 0. The van der Waals surface area contributed by atoms with Crippen molar-refractivity contribution in [3.05, 3.63) is 72.6 Å². The Morgan fingerprint density at radius 1 is 1.10 bits per heavy atom. The second kappa shape index (κ2) is 9.65. The number of aliphatic hydroxyl groups is 1. The van der Waals surface area contributed by atoms with Crippen LogP contribution < -0.4 is 10.0 Å². The molecule has 0 unspecified atom stereocenters. The fourth-order valence-electron chi connectivity index (χ4n) is 3.03. The van der Waals surface area contributed by atoms with Gasteiger partial charge in [0.2, 0.25) is 10.0 Å². The molecule has 0 fully saturated rings. The molecule has 3 N–H and O–H groups in total. The van der Waals surface area contributed by atoms with Crippen molar-refractivity contribution in [2.24, 2.45) is 0 Å². The van der Waals surface area contributed by atoms with E-state index in [1.165, 1.54) is 0 Å². The number of benzene rings is 2. The molecule has 8 heteroatoms. The van der Waals surface area contributed by atoms with E-state index in [1.54, 1.807) is 50.5 Å². The van der Waals surface area contributed by atoms with Crippen LogP contribution in [-0.2, 0) is 15.6 Å². The predicted molar refractivity (Wildman–Crippen MR) is 118 cm³/mol. The SMILES string of the molecule is C[C@H](CNC[C@@](C)(O)c1ccccc1)NS(=O)(=O)c1ccc2cnccc2c1.Cl. The Labute approximate surface area is 177 Å². The first kappa shape index (κ1) is 23.3. The van der Waals surface area contributed by atoms with Crippen LogP contribution in [0, 0.1) is 0 Å². The fraction of sp³-hybridized carbons (Fsp3) is 0.286. The summed E-state index contributed by atoms with van der Waals surface area (Å²) in [4.78, 5) is 4.25. The van der Waals surface area contributed by atoms with Crippen LogP contribution >= 0.6 is 12.4 Å². The third-order valence-electron chi connectivity index (χ3n) is 4.59. The molecule has 1 heterocycles. The number of pyridine rings is 1. The summed E-state index contributed by atoms with van der Waals surface area (Å²) in [5.74, 6) is 0. The molecule has 3 rings (SSSR count). The molecule has 6 nitrogen and oxygen atoms in total. The number of nitrogens with zero attached hydrogens (tertiary/aromatic N) is 1. The summed E-state index contributed by atoms with van der Waals surface area (Å²) in [6.45, 7) is 4.21. The van der Waals surface area contributed by atoms with Crippen molar-refractivity contribution in [1.29, 1.82) is 0 Å². The number of aromatic nitrogens is 1. The van der Waals surface area contributed by atoms with Crippen LogP contribution in [0.2, 0.25) is 0 Å². The Balaban J connectivity index is 0.00000300. The summed E-state index contributed by atoms with van der Waals surface area (Å²) in [5.41, 5.74) is -0.229. The van der Waals surface area contributed by atoms with Gasteiger partial charge >= 0.3 is 0 Å². The van der Waals surface area contributed by atoms with Crippen LogP contribution in [0.25, 0.3) is 10.8 Å². The van der Waals surface area contributed by atoms with Crippen molar-refractivity contribution in [2.75, 3.05) is 13.1 Å². The highest BCUT2D eigenvalue weighted by Crippen LogP contribution is 2.20. The molecule has 0 aliphatic heterocycles. The van der Waals surface area contributed by atoms with E-state index in [2.05, 4.69) is 15.0 Å². The van der Waals surface area contributed by atoms with Gasteiger partial charge in [-0.2, -0.15) is 0 Å². The van der Waals surface area contributed by atoms with E-state index in [-0.39, 0.29) is 23.3 Å². The molecule has 0 saturated carbocycles. The maximum atomic E-state index is 12.7. The van der Waals surface area contributed by atoms with Crippen LogP contribution in [0.4, 0.5) is 0 Å². The molecule has 0 radical (unpaired) electrons. The van der Waals surface area contributed by atoms with E-state index in [1.807, 2.05) is 30.3 Å². The molecule has 0 bridgehead atoms. The Morgan fingerprint density at radius 3 is 2.55 bits per heavy atom. The Kier molecular flexibility index (Phi) is 7.73. The molecule has 2 atom stereocenters. The summed E-state index contributed by atoms with van der Waals surface area (Å²) in [7, 11) is -3.64. The van der Waals surface area contributed by atoms with Gasteiger partial charge < -0.3 is 10.4 Å². The number of fused-ring (bicyclic) bond motifs is 1. The standard InChI is InChI=1S/C21H25N3O3S.ClH/c1-16(13-23-15-21(2,25)19-6-4-3-5-7-19)24-28(26,27)20-9-8-18-14-22-11-10-17(18)12-20;/h3-12,14,16,23-25H,13,15H2,1-2H3;1H/t16-,21-;/m1./s1. The largest absolute Gasteiger partial charge is 0.384 e. The van der Waals surface area contributed by atoms with Gasteiger partial charge in [-0.05, 0) is 43.0 Å². The Bertz CT molecular complexity index is 1040. The lowest BCUT2D eigenvalue weighted by molar-refractivity contribution is 0.0568. The second-order valence-corrected chi connectivity index (χ2v) is 8.89.